The van der Waals surface area contributed by atoms with Crippen molar-refractivity contribution in [1.82, 2.24) is 19.7 Å². The Morgan fingerprint density at radius 1 is 1.32 bits per heavy atom. The molecule has 5 rings (SSSR count). The maximum Gasteiger partial charge on any atom is 0.410 e. The van der Waals surface area contributed by atoms with Gasteiger partial charge in [0.15, 0.2) is 0 Å². The average Bonchev–Trinajstić information content (AvgIpc) is 3.63. The molecule has 2 aliphatic heterocycles. The van der Waals surface area contributed by atoms with E-state index in [1.54, 1.807) is 17.0 Å². The van der Waals surface area contributed by atoms with Crippen LogP contribution in [-0.4, -0.2) is 57.4 Å². The van der Waals surface area contributed by atoms with Crippen LogP contribution in [0.25, 0.3) is 0 Å². The molecule has 0 aromatic carbocycles. The van der Waals surface area contributed by atoms with Gasteiger partial charge in [-0.3, -0.25) is 4.79 Å². The van der Waals surface area contributed by atoms with Crippen LogP contribution in [0.2, 0.25) is 4.34 Å². The molecule has 0 radical (unpaired) electrons. The Balaban J connectivity index is 1.44. The molecule has 34 heavy (non-hydrogen) atoms. The van der Waals surface area contributed by atoms with Crippen molar-refractivity contribution < 1.29 is 14.3 Å². The number of ether oxygens (including phenoxy) is 1. The number of halogens is 1. The third-order valence-electron chi connectivity index (χ3n) is 6.47. The molecule has 1 amide bonds. The van der Waals surface area contributed by atoms with E-state index >= 15 is 0 Å². The number of thiazole rings is 1. The Labute approximate surface area is 210 Å². The van der Waals surface area contributed by atoms with Crippen molar-refractivity contribution in [2.75, 3.05) is 18.6 Å². The number of anilines is 2. The van der Waals surface area contributed by atoms with Gasteiger partial charge in [0, 0.05) is 36.5 Å². The Kier molecular flexibility index (Phi) is 6.46. The highest BCUT2D eigenvalue weighted by Crippen LogP contribution is 2.44. The molecule has 0 spiro atoms. The summed E-state index contributed by atoms with van der Waals surface area (Å²) < 4.78 is 7.42. The van der Waals surface area contributed by atoms with Crippen molar-refractivity contribution in [1.29, 1.82) is 0 Å². The predicted molar refractivity (Wildman–Crippen MR) is 134 cm³/mol. The topological polar surface area (TPSA) is 80.6 Å². The number of thiophene rings is 1. The minimum atomic E-state index is -0.273. The number of carbonyl (C=O) groups excluding carboxylic acids is 2. The van der Waals surface area contributed by atoms with E-state index in [9.17, 15) is 9.59 Å². The molecule has 11 heteroatoms. The number of rotatable bonds is 6. The summed E-state index contributed by atoms with van der Waals surface area (Å²) in [6, 6.07) is 5.95. The number of amides is 1. The average molecular weight is 518 g/mol. The minimum absolute atomic E-state index is 0.109. The van der Waals surface area contributed by atoms with E-state index in [-0.39, 0.29) is 36.6 Å². The molecule has 0 saturated carbocycles. The van der Waals surface area contributed by atoms with Gasteiger partial charge in [-0.15, -0.1) is 22.7 Å². The Bertz CT molecular complexity index is 1190. The standard InChI is InChI=1S/C23H24ClN5O3S2/c1-3-8-32-23(31)28-15-4-5-16(28)10-14(9-15)17-11-20(27(2)21-7-6-19(24)34-21)29(26-17)22(30)18-12-33-13-25-18/h3,6-7,11-16H,1,4-5,8-10H2,2H3. The highest BCUT2D eigenvalue weighted by molar-refractivity contribution is 7.20. The van der Waals surface area contributed by atoms with Crippen molar-refractivity contribution in [3.8, 4) is 0 Å². The van der Waals surface area contributed by atoms with Gasteiger partial charge >= 0.3 is 6.09 Å². The molecule has 8 nitrogen and oxygen atoms in total. The van der Waals surface area contributed by atoms with Crippen LogP contribution >= 0.6 is 34.3 Å². The van der Waals surface area contributed by atoms with Gasteiger partial charge in [0.25, 0.3) is 5.91 Å². The first-order valence-electron chi connectivity index (χ1n) is 11.0. The SMILES string of the molecule is C=CCOC(=O)N1C2CCC1CC(c1cc(N(C)c3ccc(Cl)s3)n(C(=O)c3cscn3)n1)C2. The van der Waals surface area contributed by atoms with E-state index in [1.807, 2.05) is 35.0 Å². The fraction of sp³-hybridized carbons (Fsp3) is 0.391. The number of fused-ring (bicyclic) bond motifs is 2. The van der Waals surface area contributed by atoms with Crippen LogP contribution < -0.4 is 4.90 Å². The van der Waals surface area contributed by atoms with E-state index in [4.69, 9.17) is 21.4 Å². The van der Waals surface area contributed by atoms with Crippen LogP contribution in [0.1, 0.15) is 47.8 Å². The zero-order valence-corrected chi connectivity index (χ0v) is 21.0. The van der Waals surface area contributed by atoms with Gasteiger partial charge in [0.1, 0.15) is 18.1 Å². The zero-order chi connectivity index (χ0) is 23.8. The smallest absolute Gasteiger partial charge is 0.410 e. The Morgan fingerprint density at radius 2 is 2.09 bits per heavy atom. The highest BCUT2D eigenvalue weighted by Gasteiger charge is 2.45. The molecule has 2 atom stereocenters. The van der Waals surface area contributed by atoms with Crippen LogP contribution in [-0.2, 0) is 4.74 Å². The van der Waals surface area contributed by atoms with Crippen molar-refractivity contribution >= 4 is 57.1 Å². The zero-order valence-electron chi connectivity index (χ0n) is 18.6. The summed E-state index contributed by atoms with van der Waals surface area (Å²) in [5, 5.41) is 7.40. The van der Waals surface area contributed by atoms with Gasteiger partial charge < -0.3 is 14.5 Å². The number of nitrogens with zero attached hydrogens (tertiary/aromatic N) is 5. The second kappa shape index (κ2) is 9.52. The quantitative estimate of drug-likeness (QED) is 0.399. The summed E-state index contributed by atoms with van der Waals surface area (Å²) in [5.41, 5.74) is 2.85. The van der Waals surface area contributed by atoms with Crippen molar-refractivity contribution in [3.63, 3.8) is 0 Å². The first-order valence-corrected chi connectivity index (χ1v) is 13.2. The van der Waals surface area contributed by atoms with Crippen LogP contribution in [0.3, 0.4) is 0 Å². The van der Waals surface area contributed by atoms with Crippen LogP contribution in [0.5, 0.6) is 0 Å². The molecule has 178 valence electrons. The number of aromatic nitrogens is 3. The lowest BCUT2D eigenvalue weighted by Crippen LogP contribution is -2.46. The summed E-state index contributed by atoms with van der Waals surface area (Å²) in [6.45, 7) is 3.83. The summed E-state index contributed by atoms with van der Waals surface area (Å²) in [5.74, 6) is 0.529. The van der Waals surface area contributed by atoms with Gasteiger partial charge in [-0.1, -0.05) is 24.3 Å². The summed E-state index contributed by atoms with van der Waals surface area (Å²) in [4.78, 5) is 33.8. The van der Waals surface area contributed by atoms with Gasteiger partial charge in [-0.05, 0) is 37.8 Å². The van der Waals surface area contributed by atoms with Gasteiger partial charge in [-0.25, -0.2) is 9.78 Å². The summed E-state index contributed by atoms with van der Waals surface area (Å²) >= 11 is 8.96. The molecule has 0 N–H and O–H groups in total. The fourth-order valence-electron chi connectivity index (χ4n) is 4.92. The molecule has 0 aliphatic carbocycles. The lowest BCUT2D eigenvalue weighted by atomic mass is 9.88. The Hall–Kier alpha value is -2.69. The van der Waals surface area contributed by atoms with Crippen LogP contribution in [0.15, 0.2) is 41.7 Å². The van der Waals surface area contributed by atoms with Crippen LogP contribution in [0.4, 0.5) is 15.6 Å². The third kappa shape index (κ3) is 4.25. The van der Waals surface area contributed by atoms with E-state index < -0.39 is 0 Å². The molecule has 2 fully saturated rings. The minimum Gasteiger partial charge on any atom is -0.445 e. The molecule has 2 saturated heterocycles. The molecule has 2 bridgehead atoms. The number of hydrogen-bond acceptors (Lipinski definition) is 8. The maximum absolute atomic E-state index is 13.3. The van der Waals surface area contributed by atoms with E-state index in [0.29, 0.717) is 15.8 Å². The molecular weight excluding hydrogens is 494 g/mol. The molecule has 3 aromatic rings. The van der Waals surface area contributed by atoms with E-state index in [2.05, 4.69) is 11.6 Å². The number of carbonyl (C=O) groups is 2. The molecular formula is C23H24ClN5O3S2. The van der Waals surface area contributed by atoms with Crippen molar-refractivity contribution in [3.05, 3.63) is 57.5 Å². The molecule has 2 aliphatic rings. The number of hydrogen-bond donors (Lipinski definition) is 0. The fourth-order valence-corrected chi connectivity index (χ4v) is 6.45. The van der Waals surface area contributed by atoms with E-state index in [0.717, 1.165) is 36.4 Å². The normalized spacial score (nSPS) is 21.5. The maximum atomic E-state index is 13.3. The monoisotopic (exact) mass is 517 g/mol. The predicted octanol–water partition coefficient (Wildman–Crippen LogP) is 5.54. The highest BCUT2D eigenvalue weighted by atomic mass is 35.5. The van der Waals surface area contributed by atoms with Crippen molar-refractivity contribution in [2.45, 2.75) is 43.7 Å². The Morgan fingerprint density at radius 3 is 2.71 bits per heavy atom. The largest absolute Gasteiger partial charge is 0.445 e. The van der Waals surface area contributed by atoms with Gasteiger partial charge in [0.2, 0.25) is 0 Å². The lowest BCUT2D eigenvalue weighted by Gasteiger charge is -2.37. The molecule has 5 heterocycles. The van der Waals surface area contributed by atoms with Crippen LogP contribution in [0, 0.1) is 0 Å². The van der Waals surface area contributed by atoms with Crippen molar-refractivity contribution in [2.24, 2.45) is 0 Å². The summed E-state index contributed by atoms with van der Waals surface area (Å²) in [7, 11) is 1.90. The summed E-state index contributed by atoms with van der Waals surface area (Å²) in [6.07, 6.45) is 4.78. The van der Waals surface area contributed by atoms with Gasteiger partial charge in [0.05, 0.1) is 20.5 Å². The molecule has 2 unspecified atom stereocenters. The van der Waals surface area contributed by atoms with Gasteiger partial charge in [-0.2, -0.15) is 9.78 Å². The second-order valence-corrected chi connectivity index (χ2v) is 10.9. The second-order valence-electron chi connectivity index (χ2n) is 8.48. The van der Waals surface area contributed by atoms with E-state index in [1.165, 1.54) is 27.4 Å². The first kappa shape index (κ1) is 23.1. The number of piperidine rings is 1. The third-order valence-corrected chi connectivity index (χ3v) is 8.37. The molecule has 3 aromatic heterocycles. The lowest BCUT2D eigenvalue weighted by molar-refractivity contribution is 0.0723. The first-order chi connectivity index (χ1) is 16.5.